The predicted octanol–water partition coefficient (Wildman–Crippen LogP) is 4.65. The molecule has 1 atom stereocenters. The lowest BCUT2D eigenvalue weighted by atomic mass is 9.88. The van der Waals surface area contributed by atoms with E-state index in [9.17, 15) is 22.9 Å². The van der Waals surface area contributed by atoms with Crippen LogP contribution in [0.25, 0.3) is 0 Å². The van der Waals surface area contributed by atoms with E-state index in [4.69, 9.17) is 0 Å². The molecule has 3 aromatic rings. The Hall–Kier alpha value is -3.26. The van der Waals surface area contributed by atoms with Crippen molar-refractivity contribution in [2.45, 2.75) is 31.1 Å². The number of benzene rings is 2. The lowest BCUT2D eigenvalue weighted by Gasteiger charge is -2.35. The molecule has 10 heteroatoms. The van der Waals surface area contributed by atoms with E-state index in [0.717, 1.165) is 35.4 Å². The second-order valence-corrected chi connectivity index (χ2v) is 12.6. The molecule has 1 aliphatic heterocycles. The van der Waals surface area contributed by atoms with Gasteiger partial charge in [0.2, 0.25) is 10.0 Å². The van der Waals surface area contributed by atoms with Gasteiger partial charge in [-0.15, -0.1) is 11.3 Å². The number of sulfonamides is 1. The highest BCUT2D eigenvalue weighted by Crippen LogP contribution is 2.39. The van der Waals surface area contributed by atoms with Gasteiger partial charge in [0.1, 0.15) is 16.9 Å². The molecule has 1 amide bonds. The summed E-state index contributed by atoms with van der Waals surface area (Å²) in [6, 6.07) is 14.4. The van der Waals surface area contributed by atoms with Gasteiger partial charge in [-0.25, -0.2) is 12.8 Å². The SMILES string of the molecule is CC1CCc2c(sc(NC(=O)c3cccc(S(=O)(=O)N4CCN(c5ccc(F)cc5)CC4)c3)c2C#N)C1. The number of fused-ring (bicyclic) bond motifs is 1. The Morgan fingerprint density at radius 2 is 1.86 bits per heavy atom. The maximum atomic E-state index is 13.4. The number of carbonyl (C=O) groups is 1. The molecule has 1 aromatic heterocycles. The Labute approximate surface area is 220 Å². The molecule has 2 aliphatic rings. The largest absolute Gasteiger partial charge is 0.369 e. The first-order valence-electron chi connectivity index (χ1n) is 12.2. The van der Waals surface area contributed by atoms with Crippen LogP contribution in [0.2, 0.25) is 0 Å². The molecule has 7 nitrogen and oxygen atoms in total. The van der Waals surface area contributed by atoms with Crippen molar-refractivity contribution in [2.75, 3.05) is 36.4 Å². The zero-order valence-electron chi connectivity index (χ0n) is 20.4. The fourth-order valence-corrected chi connectivity index (χ4v) is 7.74. The van der Waals surface area contributed by atoms with Gasteiger partial charge in [0.05, 0.1) is 10.5 Å². The quantitative estimate of drug-likeness (QED) is 0.511. The number of amides is 1. The first-order valence-corrected chi connectivity index (χ1v) is 14.5. The minimum absolute atomic E-state index is 0.0511. The standard InChI is InChI=1S/C27H27FN4O3S2/c1-18-5-10-23-24(17-29)27(36-25(23)15-18)30-26(33)19-3-2-4-22(16-19)37(34,35)32-13-11-31(12-14-32)21-8-6-20(28)7-9-21/h2-4,6-9,16,18H,5,10-15H2,1H3,(H,30,33). The Bertz CT molecular complexity index is 1470. The average molecular weight is 539 g/mol. The Balaban J connectivity index is 1.30. The van der Waals surface area contributed by atoms with Crippen molar-refractivity contribution < 1.29 is 17.6 Å². The van der Waals surface area contributed by atoms with Crippen molar-refractivity contribution in [2.24, 2.45) is 5.92 Å². The number of nitriles is 1. The Morgan fingerprint density at radius 3 is 2.57 bits per heavy atom. The Kier molecular flexibility index (Phi) is 7.03. The second kappa shape index (κ2) is 10.2. The van der Waals surface area contributed by atoms with Crippen LogP contribution in [-0.4, -0.2) is 44.8 Å². The summed E-state index contributed by atoms with van der Waals surface area (Å²) in [5.74, 6) is -0.215. The van der Waals surface area contributed by atoms with Gasteiger partial charge < -0.3 is 10.2 Å². The van der Waals surface area contributed by atoms with E-state index in [-0.39, 0.29) is 29.4 Å². The minimum atomic E-state index is -3.81. The van der Waals surface area contributed by atoms with Crippen LogP contribution in [0.1, 0.15) is 39.7 Å². The molecule has 0 radical (unpaired) electrons. The number of nitrogens with one attached hydrogen (secondary N) is 1. The lowest BCUT2D eigenvalue weighted by molar-refractivity contribution is 0.102. The third-order valence-electron chi connectivity index (χ3n) is 7.01. The minimum Gasteiger partial charge on any atom is -0.369 e. The topological polar surface area (TPSA) is 93.5 Å². The number of anilines is 2. The summed E-state index contributed by atoms with van der Waals surface area (Å²) < 4.78 is 41.4. The van der Waals surface area contributed by atoms with Gasteiger partial charge in [-0.2, -0.15) is 9.57 Å². The molecule has 2 aromatic carbocycles. The molecular weight excluding hydrogens is 511 g/mol. The molecule has 0 spiro atoms. The normalized spacial score (nSPS) is 18.2. The van der Waals surface area contributed by atoms with Crippen LogP contribution in [0.3, 0.4) is 0 Å². The second-order valence-electron chi connectivity index (χ2n) is 9.52. The number of halogens is 1. The van der Waals surface area contributed by atoms with Crippen LogP contribution in [-0.2, 0) is 22.9 Å². The average Bonchev–Trinajstić information content (AvgIpc) is 3.25. The van der Waals surface area contributed by atoms with E-state index in [1.807, 2.05) is 4.90 Å². The number of rotatable bonds is 5. The summed E-state index contributed by atoms with van der Waals surface area (Å²) in [7, 11) is -3.81. The van der Waals surface area contributed by atoms with Gasteiger partial charge in [-0.05, 0) is 73.2 Å². The third kappa shape index (κ3) is 5.12. The maximum absolute atomic E-state index is 13.4. The number of thiophene rings is 1. The summed E-state index contributed by atoms with van der Waals surface area (Å²) in [5, 5.41) is 13.1. The van der Waals surface area contributed by atoms with Crippen LogP contribution in [0.15, 0.2) is 53.4 Å². The van der Waals surface area contributed by atoms with Crippen LogP contribution in [0.5, 0.6) is 0 Å². The van der Waals surface area contributed by atoms with E-state index in [1.165, 1.54) is 39.9 Å². The zero-order chi connectivity index (χ0) is 26.2. The monoisotopic (exact) mass is 538 g/mol. The number of piperazine rings is 1. The van der Waals surface area contributed by atoms with Gasteiger partial charge in [0, 0.05) is 42.3 Å². The van der Waals surface area contributed by atoms with Crippen molar-refractivity contribution in [3.63, 3.8) is 0 Å². The van der Waals surface area contributed by atoms with E-state index < -0.39 is 15.9 Å². The highest BCUT2D eigenvalue weighted by atomic mass is 32.2. The summed E-state index contributed by atoms with van der Waals surface area (Å²) >= 11 is 1.44. The van der Waals surface area contributed by atoms with Crippen LogP contribution < -0.4 is 10.2 Å². The van der Waals surface area contributed by atoms with Crippen molar-refractivity contribution >= 4 is 38.0 Å². The molecule has 1 unspecified atom stereocenters. The van der Waals surface area contributed by atoms with E-state index >= 15 is 0 Å². The molecule has 0 bridgehead atoms. The van der Waals surface area contributed by atoms with Gasteiger partial charge in [0.15, 0.2) is 0 Å². The van der Waals surface area contributed by atoms with Gasteiger partial charge in [-0.3, -0.25) is 4.79 Å². The first-order chi connectivity index (χ1) is 17.8. The number of hydrogen-bond donors (Lipinski definition) is 1. The Morgan fingerprint density at radius 1 is 1.14 bits per heavy atom. The van der Waals surface area contributed by atoms with Gasteiger partial charge >= 0.3 is 0 Å². The van der Waals surface area contributed by atoms with Crippen molar-refractivity contribution in [3.8, 4) is 6.07 Å². The molecule has 1 saturated heterocycles. The van der Waals surface area contributed by atoms with Gasteiger partial charge in [-0.1, -0.05) is 13.0 Å². The van der Waals surface area contributed by atoms with Crippen LogP contribution >= 0.6 is 11.3 Å². The molecule has 1 N–H and O–H groups in total. The predicted molar refractivity (Wildman–Crippen MR) is 142 cm³/mol. The molecule has 37 heavy (non-hydrogen) atoms. The van der Waals surface area contributed by atoms with Gasteiger partial charge in [0.25, 0.3) is 5.91 Å². The number of hydrogen-bond acceptors (Lipinski definition) is 6. The molecule has 1 aliphatic carbocycles. The fraction of sp³-hybridized carbons (Fsp3) is 0.333. The van der Waals surface area contributed by atoms with Crippen molar-refractivity contribution in [1.29, 1.82) is 5.26 Å². The molecule has 5 rings (SSSR count). The summed E-state index contributed by atoms with van der Waals surface area (Å²) in [6.45, 7) is 3.69. The highest BCUT2D eigenvalue weighted by Gasteiger charge is 2.30. The molecule has 0 saturated carbocycles. The summed E-state index contributed by atoms with van der Waals surface area (Å²) in [4.78, 5) is 16.3. The molecular formula is C27H27FN4O3S2. The smallest absolute Gasteiger partial charge is 0.256 e. The maximum Gasteiger partial charge on any atom is 0.256 e. The first kappa shape index (κ1) is 25.4. The fourth-order valence-electron chi connectivity index (χ4n) is 4.92. The van der Waals surface area contributed by atoms with Crippen molar-refractivity contribution in [3.05, 3.63) is 75.9 Å². The molecule has 192 valence electrons. The van der Waals surface area contributed by atoms with E-state index in [0.29, 0.717) is 29.6 Å². The van der Waals surface area contributed by atoms with Crippen molar-refractivity contribution in [1.82, 2.24) is 4.31 Å². The summed E-state index contributed by atoms with van der Waals surface area (Å²) in [5.41, 5.74) is 2.60. The number of nitrogens with zero attached hydrogens (tertiary/aromatic N) is 3. The van der Waals surface area contributed by atoms with E-state index in [2.05, 4.69) is 18.3 Å². The lowest BCUT2D eigenvalue weighted by Crippen LogP contribution is -2.48. The van der Waals surface area contributed by atoms with Crippen LogP contribution in [0, 0.1) is 23.1 Å². The van der Waals surface area contributed by atoms with E-state index in [1.54, 1.807) is 24.3 Å². The summed E-state index contributed by atoms with van der Waals surface area (Å²) in [6.07, 6.45) is 2.74. The third-order valence-corrected chi connectivity index (χ3v) is 10.1. The van der Waals surface area contributed by atoms with Crippen LogP contribution in [0.4, 0.5) is 15.1 Å². The molecule has 1 fully saturated rings. The molecule has 2 heterocycles. The number of carbonyl (C=O) groups excluding carboxylic acids is 1. The highest BCUT2D eigenvalue weighted by molar-refractivity contribution is 7.89. The zero-order valence-corrected chi connectivity index (χ0v) is 22.0.